The van der Waals surface area contributed by atoms with Crippen molar-refractivity contribution in [3.05, 3.63) is 27.2 Å². The van der Waals surface area contributed by atoms with E-state index in [1.807, 2.05) is 17.8 Å². The lowest BCUT2D eigenvalue weighted by Crippen LogP contribution is -2.01. The summed E-state index contributed by atoms with van der Waals surface area (Å²) in [4.78, 5) is 11.8. The standard InChI is InChI=1S/C10H11BrN4S/c1-3-6-7(11)10(16)14-8(13-6)9-12-4-5-15(9)2/h4-5H,3H2,1-2H3,(H,13,14,16). The first-order valence-corrected chi connectivity index (χ1v) is 6.10. The van der Waals surface area contributed by atoms with E-state index in [9.17, 15) is 0 Å². The number of aromatic nitrogens is 4. The topological polar surface area (TPSA) is 46.5 Å². The Kier molecular flexibility index (Phi) is 3.20. The monoisotopic (exact) mass is 298 g/mol. The van der Waals surface area contributed by atoms with Crippen LogP contribution < -0.4 is 0 Å². The fourth-order valence-electron chi connectivity index (χ4n) is 1.45. The molecular formula is C10H11BrN4S. The van der Waals surface area contributed by atoms with E-state index in [1.165, 1.54) is 0 Å². The minimum atomic E-state index is 0.564. The summed E-state index contributed by atoms with van der Waals surface area (Å²) in [6.07, 6.45) is 4.48. The molecule has 6 heteroatoms. The van der Waals surface area contributed by atoms with Gasteiger partial charge >= 0.3 is 0 Å². The molecule has 0 saturated carbocycles. The zero-order valence-electron chi connectivity index (χ0n) is 8.99. The number of nitrogens with zero attached hydrogens (tertiary/aromatic N) is 3. The third-order valence-corrected chi connectivity index (χ3v) is 3.73. The fourth-order valence-corrected chi connectivity index (χ4v) is 2.13. The SMILES string of the molecule is CCc1[nH]c(-c2nccn2C)nc(=S)c1Br. The average Bonchev–Trinajstić information content (AvgIpc) is 2.68. The Balaban J connectivity index is 2.64. The van der Waals surface area contributed by atoms with Crippen LogP contribution in [0.3, 0.4) is 0 Å². The van der Waals surface area contributed by atoms with Gasteiger partial charge in [0.25, 0.3) is 0 Å². The second-order valence-corrected chi connectivity index (χ2v) is 4.58. The molecule has 0 bridgehead atoms. The van der Waals surface area contributed by atoms with Crippen molar-refractivity contribution in [2.24, 2.45) is 7.05 Å². The molecule has 0 saturated heterocycles. The van der Waals surface area contributed by atoms with E-state index in [2.05, 4.69) is 37.8 Å². The molecule has 2 aromatic rings. The van der Waals surface area contributed by atoms with Crippen LogP contribution in [-0.4, -0.2) is 19.5 Å². The Bertz CT molecular complexity index is 572. The van der Waals surface area contributed by atoms with Crippen molar-refractivity contribution in [1.29, 1.82) is 0 Å². The van der Waals surface area contributed by atoms with Gasteiger partial charge in [0.05, 0.1) is 4.47 Å². The van der Waals surface area contributed by atoms with Crippen molar-refractivity contribution in [1.82, 2.24) is 19.5 Å². The van der Waals surface area contributed by atoms with Gasteiger partial charge in [0.1, 0.15) is 4.64 Å². The summed E-state index contributed by atoms with van der Waals surface area (Å²) in [5, 5.41) is 0. The van der Waals surface area contributed by atoms with Gasteiger partial charge in [-0.15, -0.1) is 0 Å². The molecule has 2 rings (SSSR count). The molecule has 0 aliphatic carbocycles. The average molecular weight is 299 g/mol. The highest BCUT2D eigenvalue weighted by atomic mass is 79.9. The Hall–Kier alpha value is -1.01. The lowest BCUT2D eigenvalue weighted by Gasteiger charge is -2.06. The third-order valence-electron chi connectivity index (χ3n) is 2.32. The lowest BCUT2D eigenvalue weighted by atomic mass is 10.3. The van der Waals surface area contributed by atoms with Gasteiger partial charge in [-0.05, 0) is 22.4 Å². The van der Waals surface area contributed by atoms with Gasteiger partial charge in [0, 0.05) is 25.1 Å². The van der Waals surface area contributed by atoms with E-state index >= 15 is 0 Å². The van der Waals surface area contributed by atoms with Crippen molar-refractivity contribution in [3.8, 4) is 11.6 Å². The predicted molar refractivity (Wildman–Crippen MR) is 68.7 cm³/mol. The van der Waals surface area contributed by atoms with E-state index in [4.69, 9.17) is 12.2 Å². The predicted octanol–water partition coefficient (Wildman–Crippen LogP) is 2.86. The molecule has 2 heterocycles. The zero-order valence-corrected chi connectivity index (χ0v) is 11.4. The number of rotatable bonds is 2. The Labute approximate surface area is 107 Å². The number of H-pyrrole nitrogens is 1. The first-order chi connectivity index (χ1) is 7.63. The minimum absolute atomic E-state index is 0.564. The van der Waals surface area contributed by atoms with Crippen molar-refractivity contribution in [2.45, 2.75) is 13.3 Å². The van der Waals surface area contributed by atoms with Gasteiger partial charge in [-0.1, -0.05) is 19.1 Å². The first kappa shape index (κ1) is 11.5. The molecule has 0 atom stereocenters. The van der Waals surface area contributed by atoms with Crippen LogP contribution in [0.15, 0.2) is 16.9 Å². The maximum atomic E-state index is 5.20. The summed E-state index contributed by atoms with van der Waals surface area (Å²) in [5.41, 5.74) is 1.04. The molecule has 2 aromatic heterocycles. The minimum Gasteiger partial charge on any atom is -0.339 e. The van der Waals surface area contributed by atoms with Crippen LogP contribution in [0.1, 0.15) is 12.6 Å². The number of hydrogen-bond acceptors (Lipinski definition) is 3. The van der Waals surface area contributed by atoms with Crippen molar-refractivity contribution in [2.75, 3.05) is 0 Å². The normalized spacial score (nSPS) is 10.7. The summed E-state index contributed by atoms with van der Waals surface area (Å²) in [5.74, 6) is 1.49. The van der Waals surface area contributed by atoms with Crippen LogP contribution in [0.5, 0.6) is 0 Å². The Morgan fingerprint density at radius 1 is 1.56 bits per heavy atom. The second kappa shape index (κ2) is 4.47. The first-order valence-electron chi connectivity index (χ1n) is 4.90. The van der Waals surface area contributed by atoms with Gasteiger partial charge in [-0.25, -0.2) is 9.97 Å². The molecule has 0 spiro atoms. The van der Waals surface area contributed by atoms with E-state index in [1.54, 1.807) is 6.20 Å². The second-order valence-electron chi connectivity index (χ2n) is 3.40. The van der Waals surface area contributed by atoms with E-state index in [-0.39, 0.29) is 0 Å². The van der Waals surface area contributed by atoms with E-state index in [0.29, 0.717) is 10.5 Å². The number of nitrogens with one attached hydrogen (secondary N) is 1. The molecule has 0 aliphatic rings. The molecule has 0 amide bonds. The summed E-state index contributed by atoms with van der Waals surface area (Å²) in [6, 6.07) is 0. The van der Waals surface area contributed by atoms with E-state index in [0.717, 1.165) is 22.4 Å². The molecule has 16 heavy (non-hydrogen) atoms. The molecule has 0 aliphatic heterocycles. The highest BCUT2D eigenvalue weighted by Crippen LogP contribution is 2.20. The van der Waals surface area contributed by atoms with Crippen LogP contribution in [0.2, 0.25) is 0 Å². The lowest BCUT2D eigenvalue weighted by molar-refractivity contribution is 0.890. The summed E-state index contributed by atoms with van der Waals surface area (Å²) < 4.78 is 3.33. The van der Waals surface area contributed by atoms with Crippen molar-refractivity contribution >= 4 is 28.1 Å². The fraction of sp³-hybridized carbons (Fsp3) is 0.300. The molecule has 0 aromatic carbocycles. The smallest absolute Gasteiger partial charge is 0.175 e. The van der Waals surface area contributed by atoms with Crippen LogP contribution in [0, 0.1) is 4.64 Å². The zero-order chi connectivity index (χ0) is 11.7. The summed E-state index contributed by atoms with van der Waals surface area (Å²) >= 11 is 8.63. The van der Waals surface area contributed by atoms with Gasteiger partial charge in [-0.3, -0.25) is 0 Å². The number of aryl methyl sites for hydroxylation is 2. The molecule has 4 nitrogen and oxygen atoms in total. The molecule has 84 valence electrons. The number of imidazole rings is 1. The van der Waals surface area contributed by atoms with E-state index < -0.39 is 0 Å². The number of aromatic amines is 1. The Morgan fingerprint density at radius 3 is 2.88 bits per heavy atom. The van der Waals surface area contributed by atoms with Crippen LogP contribution in [0.25, 0.3) is 11.6 Å². The van der Waals surface area contributed by atoms with Crippen molar-refractivity contribution in [3.63, 3.8) is 0 Å². The van der Waals surface area contributed by atoms with Crippen LogP contribution in [0.4, 0.5) is 0 Å². The molecule has 0 fully saturated rings. The number of halogens is 1. The maximum Gasteiger partial charge on any atom is 0.175 e. The quantitative estimate of drug-likeness (QED) is 0.867. The maximum absolute atomic E-state index is 5.20. The molecule has 1 N–H and O–H groups in total. The largest absolute Gasteiger partial charge is 0.339 e. The Morgan fingerprint density at radius 2 is 2.31 bits per heavy atom. The number of hydrogen-bond donors (Lipinski definition) is 1. The van der Waals surface area contributed by atoms with Crippen LogP contribution >= 0.6 is 28.1 Å². The van der Waals surface area contributed by atoms with Gasteiger partial charge in [-0.2, -0.15) is 0 Å². The third kappa shape index (κ3) is 1.94. The molecule has 0 radical (unpaired) electrons. The van der Waals surface area contributed by atoms with Crippen molar-refractivity contribution < 1.29 is 0 Å². The summed E-state index contributed by atoms with van der Waals surface area (Å²) in [7, 11) is 1.93. The molecule has 0 unspecified atom stereocenters. The van der Waals surface area contributed by atoms with Crippen LogP contribution in [-0.2, 0) is 13.5 Å². The van der Waals surface area contributed by atoms with Gasteiger partial charge < -0.3 is 9.55 Å². The van der Waals surface area contributed by atoms with Gasteiger partial charge in [0.15, 0.2) is 11.6 Å². The molecular weight excluding hydrogens is 288 g/mol. The van der Waals surface area contributed by atoms with Gasteiger partial charge in [0.2, 0.25) is 0 Å². The highest BCUT2D eigenvalue weighted by Gasteiger charge is 2.09. The highest BCUT2D eigenvalue weighted by molar-refractivity contribution is 9.10. The summed E-state index contributed by atoms with van der Waals surface area (Å²) in [6.45, 7) is 2.06.